The molecular weight excluding hydrogens is 584 g/mol. The minimum Gasteiger partial charge on any atom is -0.493 e. The quantitative estimate of drug-likeness (QED) is 0.181. The Bertz CT molecular complexity index is 1780. The van der Waals surface area contributed by atoms with Crippen molar-refractivity contribution in [2.75, 3.05) is 23.9 Å². The van der Waals surface area contributed by atoms with E-state index in [2.05, 4.69) is 15.5 Å². The van der Waals surface area contributed by atoms with Gasteiger partial charge in [-0.25, -0.2) is 0 Å². The number of anilines is 1. The lowest BCUT2D eigenvalue weighted by molar-refractivity contribution is -0.118. The molecule has 1 aliphatic rings. The summed E-state index contributed by atoms with van der Waals surface area (Å²) in [6.07, 6.45) is 2.82. The number of ether oxygens (including phenoxy) is 1. The molecule has 2 amide bonds. The molecule has 0 saturated carbocycles. The van der Waals surface area contributed by atoms with Crippen molar-refractivity contribution in [1.29, 1.82) is 0 Å². The van der Waals surface area contributed by atoms with Gasteiger partial charge in [0, 0.05) is 36.2 Å². The lowest BCUT2D eigenvalue weighted by atomic mass is 9.95. The summed E-state index contributed by atoms with van der Waals surface area (Å²) in [6, 6.07) is 18.3. The van der Waals surface area contributed by atoms with E-state index in [9.17, 15) is 18.0 Å². The molecule has 0 saturated heterocycles. The molecular formula is C32H34N4O7S. The van der Waals surface area contributed by atoms with Gasteiger partial charge in [0.1, 0.15) is 11.6 Å². The highest BCUT2D eigenvalue weighted by atomic mass is 32.2. The molecule has 0 atom stereocenters. The molecule has 230 valence electrons. The summed E-state index contributed by atoms with van der Waals surface area (Å²) in [5, 5.41) is 6.29. The fraction of sp³-hybridized carbons (Fsp3) is 0.312. The molecule has 0 bridgehead atoms. The van der Waals surface area contributed by atoms with Crippen molar-refractivity contribution in [3.63, 3.8) is 0 Å². The van der Waals surface area contributed by atoms with E-state index >= 15 is 0 Å². The van der Waals surface area contributed by atoms with Crippen LogP contribution in [0.5, 0.6) is 5.75 Å². The second-order valence-corrected chi connectivity index (χ2v) is 12.2. The van der Waals surface area contributed by atoms with Crippen LogP contribution in [0.4, 0.5) is 5.69 Å². The van der Waals surface area contributed by atoms with Crippen molar-refractivity contribution in [2.45, 2.75) is 46.0 Å². The Kier molecular flexibility index (Phi) is 9.40. The molecule has 3 aromatic carbocycles. The van der Waals surface area contributed by atoms with E-state index in [1.165, 1.54) is 11.6 Å². The molecule has 0 unspecified atom stereocenters. The fourth-order valence-electron chi connectivity index (χ4n) is 5.20. The fourth-order valence-corrected chi connectivity index (χ4v) is 5.52. The second-order valence-electron chi connectivity index (χ2n) is 10.7. The third-order valence-corrected chi connectivity index (χ3v) is 8.07. The smallest absolute Gasteiger partial charge is 0.283 e. The summed E-state index contributed by atoms with van der Waals surface area (Å²) in [5.41, 5.74) is 5.82. The molecule has 2 heterocycles. The first kappa shape index (κ1) is 30.9. The average molecular weight is 619 g/mol. The zero-order valence-corrected chi connectivity index (χ0v) is 25.4. The highest BCUT2D eigenvalue weighted by Gasteiger charge is 2.26. The predicted octanol–water partition coefficient (Wildman–Crippen LogP) is 4.66. The third kappa shape index (κ3) is 7.50. The standard InChI is InChI=1S/C32H34N4O7S/c1-21-8-3-14-28(22(21)2)42-17-7-15-30(37)36-16-6-12-25-26(11-5-13-27(25)36)32-34-29(35-43-32)19-23-9-4-10-24(18-23)31(38)33-20-44(39,40)41/h3-5,8-11,13-14,18H,6-7,12,15-17,19-20H2,1-2H3,(H,33,38)(H,39,40,41). The van der Waals surface area contributed by atoms with Gasteiger partial charge in [0.2, 0.25) is 5.91 Å². The molecule has 11 nitrogen and oxygen atoms in total. The molecule has 0 spiro atoms. The molecule has 2 N–H and O–H groups in total. The maximum Gasteiger partial charge on any atom is 0.283 e. The van der Waals surface area contributed by atoms with Crippen molar-refractivity contribution in [3.05, 3.63) is 94.3 Å². The average Bonchev–Trinajstić information content (AvgIpc) is 3.47. The minimum absolute atomic E-state index is 0.0411. The number of hydrogen-bond donors (Lipinski definition) is 2. The Morgan fingerprint density at radius 1 is 1.09 bits per heavy atom. The topological polar surface area (TPSA) is 152 Å². The van der Waals surface area contributed by atoms with E-state index in [0.717, 1.165) is 41.0 Å². The van der Waals surface area contributed by atoms with Crippen LogP contribution in [0, 0.1) is 13.8 Å². The van der Waals surface area contributed by atoms with Gasteiger partial charge in [-0.3, -0.25) is 14.1 Å². The molecule has 4 aromatic rings. The lowest BCUT2D eigenvalue weighted by Gasteiger charge is -2.30. The summed E-state index contributed by atoms with van der Waals surface area (Å²) in [7, 11) is -4.33. The second kappa shape index (κ2) is 13.4. The van der Waals surface area contributed by atoms with Gasteiger partial charge in [-0.2, -0.15) is 13.4 Å². The van der Waals surface area contributed by atoms with Crippen LogP contribution in [0.15, 0.2) is 65.2 Å². The van der Waals surface area contributed by atoms with Crippen LogP contribution >= 0.6 is 0 Å². The van der Waals surface area contributed by atoms with Crippen LogP contribution in [0.3, 0.4) is 0 Å². The SMILES string of the molecule is Cc1cccc(OCCCC(=O)N2CCCc3c(-c4nc(Cc5cccc(C(=O)NCS(=O)(=O)O)c5)no4)cccc32)c1C. The van der Waals surface area contributed by atoms with Crippen molar-refractivity contribution in [1.82, 2.24) is 15.5 Å². The minimum atomic E-state index is -4.33. The zero-order valence-electron chi connectivity index (χ0n) is 24.6. The van der Waals surface area contributed by atoms with E-state index in [4.69, 9.17) is 13.8 Å². The first-order chi connectivity index (χ1) is 21.1. The summed E-state index contributed by atoms with van der Waals surface area (Å²) in [5.74, 6) is 0.118. The molecule has 12 heteroatoms. The number of hydrogen-bond acceptors (Lipinski definition) is 8. The van der Waals surface area contributed by atoms with Crippen LogP contribution < -0.4 is 15.0 Å². The maximum atomic E-state index is 13.3. The summed E-state index contributed by atoms with van der Waals surface area (Å²) in [6.45, 7) is 5.17. The Hall–Kier alpha value is -4.55. The molecule has 5 rings (SSSR count). The number of rotatable bonds is 11. The Morgan fingerprint density at radius 2 is 1.89 bits per heavy atom. The van der Waals surface area contributed by atoms with E-state index < -0.39 is 21.9 Å². The number of fused-ring (bicyclic) bond motifs is 1. The van der Waals surface area contributed by atoms with Gasteiger partial charge in [-0.05, 0) is 85.7 Å². The van der Waals surface area contributed by atoms with Crippen molar-refractivity contribution >= 4 is 27.6 Å². The van der Waals surface area contributed by atoms with Gasteiger partial charge >= 0.3 is 0 Å². The van der Waals surface area contributed by atoms with Gasteiger partial charge in [-0.15, -0.1) is 0 Å². The van der Waals surface area contributed by atoms with Gasteiger partial charge in [0.05, 0.1) is 6.61 Å². The predicted molar refractivity (Wildman–Crippen MR) is 164 cm³/mol. The number of benzene rings is 3. The van der Waals surface area contributed by atoms with Crippen molar-refractivity contribution in [3.8, 4) is 17.2 Å². The number of carbonyl (C=O) groups is 2. The van der Waals surface area contributed by atoms with Crippen molar-refractivity contribution < 1.29 is 31.8 Å². The molecule has 44 heavy (non-hydrogen) atoms. The van der Waals surface area contributed by atoms with Crippen LogP contribution in [0.25, 0.3) is 11.5 Å². The Morgan fingerprint density at radius 3 is 2.70 bits per heavy atom. The van der Waals surface area contributed by atoms with E-state index in [0.29, 0.717) is 43.3 Å². The van der Waals surface area contributed by atoms with E-state index in [1.807, 2.05) is 55.1 Å². The van der Waals surface area contributed by atoms with Crippen LogP contribution in [-0.2, 0) is 27.8 Å². The number of amides is 2. The Labute approximate surface area is 256 Å². The first-order valence-electron chi connectivity index (χ1n) is 14.4. The molecule has 1 aromatic heterocycles. The summed E-state index contributed by atoms with van der Waals surface area (Å²) >= 11 is 0. The number of nitrogens with zero attached hydrogens (tertiary/aromatic N) is 3. The number of carbonyl (C=O) groups excluding carboxylic acids is 2. The van der Waals surface area contributed by atoms with Crippen LogP contribution in [-0.4, -0.2) is 54.0 Å². The van der Waals surface area contributed by atoms with E-state index in [1.54, 1.807) is 18.2 Å². The monoisotopic (exact) mass is 618 g/mol. The van der Waals surface area contributed by atoms with Gasteiger partial charge in [0.25, 0.3) is 21.9 Å². The normalized spacial score (nSPS) is 12.9. The number of nitrogens with one attached hydrogen (secondary N) is 1. The highest BCUT2D eigenvalue weighted by molar-refractivity contribution is 7.85. The number of aryl methyl sites for hydroxylation is 1. The molecule has 1 aliphatic heterocycles. The third-order valence-electron chi connectivity index (χ3n) is 7.56. The van der Waals surface area contributed by atoms with Gasteiger partial charge < -0.3 is 19.5 Å². The zero-order chi connectivity index (χ0) is 31.3. The molecule has 0 aliphatic carbocycles. The number of aromatic nitrogens is 2. The summed E-state index contributed by atoms with van der Waals surface area (Å²) < 4.78 is 42.3. The van der Waals surface area contributed by atoms with Gasteiger partial charge in [-0.1, -0.05) is 35.5 Å². The molecule has 0 radical (unpaired) electrons. The first-order valence-corrected chi connectivity index (χ1v) is 16.0. The maximum absolute atomic E-state index is 13.3. The van der Waals surface area contributed by atoms with E-state index in [-0.39, 0.29) is 17.9 Å². The van der Waals surface area contributed by atoms with Crippen molar-refractivity contribution in [2.24, 2.45) is 0 Å². The highest BCUT2D eigenvalue weighted by Crippen LogP contribution is 2.35. The molecule has 0 fully saturated rings. The van der Waals surface area contributed by atoms with Crippen LogP contribution in [0.2, 0.25) is 0 Å². The summed E-state index contributed by atoms with van der Waals surface area (Å²) in [4.78, 5) is 32.0. The van der Waals surface area contributed by atoms with Crippen LogP contribution in [0.1, 0.15) is 57.7 Å². The largest absolute Gasteiger partial charge is 0.493 e. The Balaban J connectivity index is 1.24. The lowest BCUT2D eigenvalue weighted by Crippen LogP contribution is -2.35. The van der Waals surface area contributed by atoms with Gasteiger partial charge in [0.15, 0.2) is 5.82 Å².